The number of fused-ring (bicyclic) bond motifs is 1. The third kappa shape index (κ3) is 3.04. The molecule has 1 unspecified atom stereocenters. The van der Waals surface area contributed by atoms with Gasteiger partial charge in [0.1, 0.15) is 6.04 Å². The molecule has 1 atom stereocenters. The molecule has 1 aromatic heterocycles. The third-order valence-corrected chi connectivity index (χ3v) is 3.57. The maximum atomic E-state index is 12.7. The summed E-state index contributed by atoms with van der Waals surface area (Å²) >= 11 is 5.92. The van der Waals surface area contributed by atoms with Crippen molar-refractivity contribution in [1.82, 2.24) is 14.8 Å². The molecule has 2 heterocycles. The van der Waals surface area contributed by atoms with Crippen molar-refractivity contribution < 1.29 is 22.8 Å². The second kappa shape index (κ2) is 5.78. The van der Waals surface area contributed by atoms with Crippen LogP contribution in [-0.2, 0) is 15.8 Å². The van der Waals surface area contributed by atoms with Crippen LogP contribution in [0.15, 0.2) is 24.3 Å². The Morgan fingerprint density at radius 3 is 2.75 bits per heavy atom. The summed E-state index contributed by atoms with van der Waals surface area (Å²) < 4.78 is 38.9. The Labute approximate surface area is 137 Å². The summed E-state index contributed by atoms with van der Waals surface area (Å²) in [5.74, 6) is -3.23. The summed E-state index contributed by atoms with van der Waals surface area (Å²) in [5.41, 5.74) is 0.271. The zero-order valence-electron chi connectivity index (χ0n) is 11.8. The van der Waals surface area contributed by atoms with E-state index in [9.17, 15) is 22.8 Å². The zero-order chi connectivity index (χ0) is 17.5. The number of carbonyl (C=O) groups is 2. The highest BCUT2D eigenvalue weighted by molar-refractivity contribution is 6.33. The minimum absolute atomic E-state index is 0.251. The number of halogens is 4. The van der Waals surface area contributed by atoms with Gasteiger partial charge in [-0.05, 0) is 12.1 Å². The van der Waals surface area contributed by atoms with Gasteiger partial charge >= 0.3 is 6.18 Å². The standard InChI is InChI=1S/C13H9ClF3N5O2/c14-6-3-1-2-4-7(6)18-10(24)8-5-9(23)19-12-20-11(13(15,16)17)21-22(8)12/h1-4,8H,5H2,(H,18,24)(H,19,20,21,23). The van der Waals surface area contributed by atoms with Gasteiger partial charge in [-0.2, -0.15) is 18.2 Å². The molecule has 2 aromatic rings. The van der Waals surface area contributed by atoms with Crippen molar-refractivity contribution in [3.8, 4) is 0 Å². The van der Waals surface area contributed by atoms with Crippen LogP contribution in [0.5, 0.6) is 0 Å². The van der Waals surface area contributed by atoms with E-state index in [1.807, 2.05) is 0 Å². The highest BCUT2D eigenvalue weighted by Gasteiger charge is 2.41. The lowest BCUT2D eigenvalue weighted by Crippen LogP contribution is -2.36. The number of anilines is 2. The van der Waals surface area contributed by atoms with E-state index in [1.54, 1.807) is 12.1 Å². The largest absolute Gasteiger partial charge is 0.453 e. The molecule has 3 rings (SSSR count). The molecule has 1 aromatic carbocycles. The van der Waals surface area contributed by atoms with Gasteiger partial charge < -0.3 is 5.32 Å². The Hall–Kier alpha value is -2.62. The summed E-state index contributed by atoms with van der Waals surface area (Å²) in [7, 11) is 0. The van der Waals surface area contributed by atoms with Crippen LogP contribution in [0.2, 0.25) is 5.02 Å². The fourth-order valence-electron chi connectivity index (χ4n) is 2.17. The number of hydrogen-bond donors (Lipinski definition) is 2. The number of hydrogen-bond acceptors (Lipinski definition) is 4. The molecular formula is C13H9ClF3N5O2. The number of rotatable bonds is 2. The van der Waals surface area contributed by atoms with Crippen molar-refractivity contribution in [2.45, 2.75) is 18.6 Å². The maximum Gasteiger partial charge on any atom is 0.453 e. The normalized spacial score (nSPS) is 17.2. The van der Waals surface area contributed by atoms with Crippen LogP contribution in [0.4, 0.5) is 24.8 Å². The second-order valence-corrected chi connectivity index (χ2v) is 5.35. The van der Waals surface area contributed by atoms with Crippen LogP contribution in [-0.4, -0.2) is 26.6 Å². The minimum Gasteiger partial charge on any atom is -0.323 e. The number of para-hydroxylation sites is 1. The van der Waals surface area contributed by atoms with E-state index >= 15 is 0 Å². The minimum atomic E-state index is -4.79. The lowest BCUT2D eigenvalue weighted by atomic mass is 10.1. The number of benzene rings is 1. The van der Waals surface area contributed by atoms with E-state index in [2.05, 4.69) is 20.7 Å². The number of carbonyl (C=O) groups excluding carboxylic acids is 2. The van der Waals surface area contributed by atoms with Crippen LogP contribution >= 0.6 is 11.6 Å². The molecule has 11 heteroatoms. The van der Waals surface area contributed by atoms with Gasteiger partial charge in [0, 0.05) is 0 Å². The average molecular weight is 360 g/mol. The van der Waals surface area contributed by atoms with E-state index in [0.717, 1.165) is 4.68 Å². The summed E-state index contributed by atoms with van der Waals surface area (Å²) in [6.45, 7) is 0. The highest BCUT2D eigenvalue weighted by Crippen LogP contribution is 2.31. The van der Waals surface area contributed by atoms with Gasteiger partial charge in [0.15, 0.2) is 0 Å². The van der Waals surface area contributed by atoms with E-state index in [4.69, 9.17) is 11.6 Å². The topological polar surface area (TPSA) is 88.9 Å². The van der Waals surface area contributed by atoms with Crippen molar-refractivity contribution in [1.29, 1.82) is 0 Å². The number of alkyl halides is 3. The summed E-state index contributed by atoms with van der Waals surface area (Å²) in [6.07, 6.45) is -5.16. The first-order valence-corrected chi connectivity index (χ1v) is 7.02. The predicted molar refractivity (Wildman–Crippen MR) is 77.4 cm³/mol. The van der Waals surface area contributed by atoms with Gasteiger partial charge in [-0.1, -0.05) is 23.7 Å². The van der Waals surface area contributed by atoms with Crippen molar-refractivity contribution in [3.63, 3.8) is 0 Å². The number of nitrogens with one attached hydrogen (secondary N) is 2. The fraction of sp³-hybridized carbons (Fsp3) is 0.231. The molecular weight excluding hydrogens is 351 g/mol. The molecule has 0 spiro atoms. The highest BCUT2D eigenvalue weighted by atomic mass is 35.5. The molecule has 2 amide bonds. The molecule has 24 heavy (non-hydrogen) atoms. The molecule has 126 valence electrons. The predicted octanol–water partition coefficient (Wildman–Crippen LogP) is 2.47. The van der Waals surface area contributed by atoms with Crippen molar-refractivity contribution in [3.05, 3.63) is 35.1 Å². The second-order valence-electron chi connectivity index (χ2n) is 4.94. The van der Waals surface area contributed by atoms with Crippen LogP contribution in [0.3, 0.4) is 0 Å². The van der Waals surface area contributed by atoms with E-state index in [-0.39, 0.29) is 17.1 Å². The molecule has 0 saturated carbocycles. The average Bonchev–Trinajstić information content (AvgIpc) is 2.92. The van der Waals surface area contributed by atoms with Crippen LogP contribution in [0.25, 0.3) is 0 Å². The van der Waals surface area contributed by atoms with E-state index in [1.165, 1.54) is 12.1 Å². The summed E-state index contributed by atoms with van der Waals surface area (Å²) in [5, 5.41) is 8.17. The van der Waals surface area contributed by atoms with Crippen molar-refractivity contribution in [2.24, 2.45) is 0 Å². The van der Waals surface area contributed by atoms with Gasteiger partial charge in [0.05, 0.1) is 17.1 Å². The smallest absolute Gasteiger partial charge is 0.323 e. The molecule has 0 aliphatic carbocycles. The molecule has 1 aliphatic heterocycles. The summed E-state index contributed by atoms with van der Waals surface area (Å²) in [4.78, 5) is 27.2. The molecule has 0 fully saturated rings. The molecule has 0 saturated heterocycles. The number of amides is 2. The Kier molecular flexibility index (Phi) is 3.91. The van der Waals surface area contributed by atoms with Gasteiger partial charge in [0.2, 0.25) is 17.8 Å². The third-order valence-electron chi connectivity index (χ3n) is 3.24. The monoisotopic (exact) mass is 359 g/mol. The van der Waals surface area contributed by atoms with Crippen LogP contribution in [0.1, 0.15) is 18.3 Å². The Morgan fingerprint density at radius 2 is 2.08 bits per heavy atom. The van der Waals surface area contributed by atoms with Gasteiger partial charge in [0.25, 0.3) is 5.82 Å². The molecule has 1 aliphatic rings. The SMILES string of the molecule is O=C1CC(C(=O)Nc2ccccc2Cl)n2nc(C(F)(F)F)nc2N1. The van der Waals surface area contributed by atoms with E-state index in [0.29, 0.717) is 0 Å². The van der Waals surface area contributed by atoms with Gasteiger partial charge in [-0.25, -0.2) is 4.68 Å². The maximum absolute atomic E-state index is 12.7. The van der Waals surface area contributed by atoms with Crippen molar-refractivity contribution in [2.75, 3.05) is 10.6 Å². The first kappa shape index (κ1) is 16.2. The van der Waals surface area contributed by atoms with Gasteiger partial charge in [-0.15, -0.1) is 5.10 Å². The lowest BCUT2D eigenvalue weighted by molar-refractivity contribution is -0.145. The van der Waals surface area contributed by atoms with Crippen LogP contribution < -0.4 is 10.6 Å². The summed E-state index contributed by atoms with van der Waals surface area (Å²) in [6, 6.07) is 5.06. The number of nitrogens with zero attached hydrogens (tertiary/aromatic N) is 3. The molecule has 0 radical (unpaired) electrons. The molecule has 2 N–H and O–H groups in total. The lowest BCUT2D eigenvalue weighted by Gasteiger charge is -2.22. The quantitative estimate of drug-likeness (QED) is 0.862. The Morgan fingerprint density at radius 1 is 1.38 bits per heavy atom. The zero-order valence-corrected chi connectivity index (χ0v) is 12.5. The first-order valence-electron chi connectivity index (χ1n) is 6.64. The Bertz CT molecular complexity index is 820. The molecule has 0 bridgehead atoms. The first-order chi connectivity index (χ1) is 11.3. The van der Waals surface area contributed by atoms with E-state index < -0.39 is 35.8 Å². The Balaban J connectivity index is 1.92. The van der Waals surface area contributed by atoms with Gasteiger partial charge in [-0.3, -0.25) is 14.9 Å². The van der Waals surface area contributed by atoms with Crippen molar-refractivity contribution >= 4 is 35.1 Å². The van der Waals surface area contributed by atoms with Crippen LogP contribution in [0, 0.1) is 0 Å². The molecule has 7 nitrogen and oxygen atoms in total. The fourth-order valence-corrected chi connectivity index (χ4v) is 2.35. The number of aromatic nitrogens is 3.